The number of benzene rings is 1. The molecule has 26 heavy (non-hydrogen) atoms. The topological polar surface area (TPSA) is 84.4 Å². The van der Waals surface area contributed by atoms with Gasteiger partial charge in [-0.1, -0.05) is 30.3 Å². The summed E-state index contributed by atoms with van der Waals surface area (Å²) in [6.45, 7) is 1.19. The number of nitrogens with zero attached hydrogens (tertiary/aromatic N) is 3. The van der Waals surface area contributed by atoms with Crippen molar-refractivity contribution >= 4 is 36.5 Å². The number of hydrogen-bond acceptors (Lipinski definition) is 7. The smallest absolute Gasteiger partial charge is 0.331 e. The summed E-state index contributed by atoms with van der Waals surface area (Å²) in [6, 6.07) is 10.3. The van der Waals surface area contributed by atoms with E-state index in [1.54, 1.807) is 0 Å². The maximum atomic E-state index is 11.6. The molecule has 0 unspecified atom stereocenters. The van der Waals surface area contributed by atoms with Gasteiger partial charge in [0, 0.05) is 6.54 Å². The van der Waals surface area contributed by atoms with Crippen LogP contribution in [-0.4, -0.2) is 55.0 Å². The van der Waals surface area contributed by atoms with Crippen molar-refractivity contribution in [1.82, 2.24) is 20.4 Å². The van der Waals surface area contributed by atoms with Gasteiger partial charge in [0.25, 0.3) is 0 Å². The molecule has 0 atom stereocenters. The number of amides is 1. The van der Waals surface area contributed by atoms with Crippen LogP contribution in [0.1, 0.15) is 23.4 Å². The van der Waals surface area contributed by atoms with Crippen molar-refractivity contribution in [3.8, 4) is 0 Å². The highest BCUT2D eigenvalue weighted by Gasteiger charge is 2.56. The van der Waals surface area contributed by atoms with Gasteiger partial charge in [0.1, 0.15) is 10.5 Å². The van der Waals surface area contributed by atoms with Crippen LogP contribution in [-0.2, 0) is 27.4 Å². The zero-order chi connectivity index (χ0) is 19.0. The Morgan fingerprint density at radius 2 is 2.08 bits per heavy atom. The molecule has 1 heterocycles. The average Bonchev–Trinajstić information content (AvgIpc) is 3.37. The number of carbonyl (C=O) groups is 2. The maximum absolute atomic E-state index is 11.6. The fourth-order valence-electron chi connectivity index (χ4n) is 2.48. The number of hydrogen-bond donors (Lipinski definition) is 1. The van der Waals surface area contributed by atoms with Gasteiger partial charge in [0.15, 0.2) is 7.85 Å². The SMILES string of the molecule is CNCc1ccccc1.[B]c1nnc(CN(C=O)C2(C(=O)OC)CC2)s1. The zero-order valence-electron chi connectivity index (χ0n) is 14.8. The predicted octanol–water partition coefficient (Wildman–Crippen LogP) is 0.402. The molecule has 1 N–H and O–H groups in total. The van der Waals surface area contributed by atoms with E-state index in [-0.39, 0.29) is 12.5 Å². The first-order valence-corrected chi connectivity index (χ1v) is 8.94. The summed E-state index contributed by atoms with van der Waals surface area (Å²) in [4.78, 5) is 24.4. The van der Waals surface area contributed by atoms with Crippen LogP contribution in [0, 0.1) is 0 Å². The third-order valence-electron chi connectivity index (χ3n) is 3.98. The summed E-state index contributed by atoms with van der Waals surface area (Å²) in [7, 11) is 8.72. The highest BCUT2D eigenvalue weighted by molar-refractivity contribution is 7.19. The molecule has 1 aliphatic carbocycles. The molecule has 2 aromatic rings. The minimum absolute atomic E-state index is 0.230. The van der Waals surface area contributed by atoms with Gasteiger partial charge in [-0.2, -0.15) is 5.10 Å². The number of methoxy groups -OCH3 is 1. The molecule has 136 valence electrons. The Morgan fingerprint density at radius 1 is 1.38 bits per heavy atom. The van der Waals surface area contributed by atoms with E-state index in [0.717, 1.165) is 6.54 Å². The highest BCUT2D eigenvalue weighted by Crippen LogP contribution is 2.42. The quantitative estimate of drug-likeness (QED) is 0.430. The van der Waals surface area contributed by atoms with Gasteiger partial charge in [0.05, 0.1) is 18.6 Å². The van der Waals surface area contributed by atoms with E-state index in [2.05, 4.69) is 27.6 Å². The van der Waals surface area contributed by atoms with Crippen LogP contribution in [0.3, 0.4) is 0 Å². The molecule has 0 bridgehead atoms. The second-order valence-corrected chi connectivity index (χ2v) is 6.90. The minimum atomic E-state index is -0.809. The lowest BCUT2D eigenvalue weighted by Gasteiger charge is -2.24. The molecule has 1 fully saturated rings. The van der Waals surface area contributed by atoms with Crippen molar-refractivity contribution < 1.29 is 14.3 Å². The van der Waals surface area contributed by atoms with Gasteiger partial charge in [-0.05, 0) is 25.5 Å². The van der Waals surface area contributed by atoms with E-state index in [1.165, 1.54) is 28.9 Å². The average molecular weight is 372 g/mol. The molecule has 0 saturated heterocycles. The summed E-state index contributed by atoms with van der Waals surface area (Å²) >= 11 is 1.20. The third-order valence-corrected chi connectivity index (χ3v) is 4.71. The number of ether oxygens (including phenoxy) is 1. The van der Waals surface area contributed by atoms with Gasteiger partial charge in [-0.3, -0.25) is 4.79 Å². The van der Waals surface area contributed by atoms with Gasteiger partial charge in [-0.15, -0.1) is 16.4 Å². The van der Waals surface area contributed by atoms with E-state index in [1.807, 2.05) is 25.2 Å². The maximum Gasteiger partial charge on any atom is 0.331 e. The third kappa shape index (κ3) is 5.12. The van der Waals surface area contributed by atoms with Crippen molar-refractivity contribution in [2.45, 2.75) is 31.5 Å². The molecule has 1 aliphatic rings. The lowest BCUT2D eigenvalue weighted by molar-refractivity contribution is -0.152. The molecule has 0 spiro atoms. The predicted molar refractivity (Wildman–Crippen MR) is 100 cm³/mol. The van der Waals surface area contributed by atoms with Gasteiger partial charge < -0.3 is 15.0 Å². The normalized spacial score (nSPS) is 13.9. The first kappa shape index (κ1) is 20.1. The number of carbonyl (C=O) groups excluding carboxylic acids is 2. The molecule has 1 amide bonds. The molecule has 3 rings (SSSR count). The fourth-order valence-corrected chi connectivity index (χ4v) is 3.09. The second kappa shape index (κ2) is 9.44. The number of nitrogens with one attached hydrogen (secondary N) is 1. The van der Waals surface area contributed by atoms with E-state index in [4.69, 9.17) is 12.6 Å². The van der Waals surface area contributed by atoms with Crippen LogP contribution >= 0.6 is 11.3 Å². The van der Waals surface area contributed by atoms with Crippen LogP contribution in [0.4, 0.5) is 0 Å². The van der Waals surface area contributed by atoms with Gasteiger partial charge in [0.2, 0.25) is 6.41 Å². The number of rotatable bonds is 7. The van der Waals surface area contributed by atoms with E-state index >= 15 is 0 Å². The van der Waals surface area contributed by atoms with E-state index in [0.29, 0.717) is 29.2 Å². The fraction of sp³-hybridized carbons (Fsp3) is 0.412. The molecular weight excluding hydrogens is 351 g/mol. The Morgan fingerprint density at radius 3 is 2.54 bits per heavy atom. The Labute approximate surface area is 158 Å². The Balaban J connectivity index is 0.000000228. The van der Waals surface area contributed by atoms with Crippen molar-refractivity contribution in [1.29, 1.82) is 0 Å². The minimum Gasteiger partial charge on any atom is -0.467 e. The molecule has 1 aromatic carbocycles. The molecule has 1 aromatic heterocycles. The van der Waals surface area contributed by atoms with Crippen molar-refractivity contribution in [3.63, 3.8) is 0 Å². The van der Waals surface area contributed by atoms with Crippen molar-refractivity contribution in [3.05, 3.63) is 40.9 Å². The van der Waals surface area contributed by atoms with Crippen LogP contribution in [0.2, 0.25) is 0 Å². The molecular formula is C17H21BN4O3S. The first-order chi connectivity index (χ1) is 12.6. The second-order valence-electron chi connectivity index (χ2n) is 5.81. The summed E-state index contributed by atoms with van der Waals surface area (Å²) in [5, 5.41) is 11.2. The molecule has 0 aliphatic heterocycles. The number of aromatic nitrogens is 2. The summed E-state index contributed by atoms with van der Waals surface area (Å²) in [5.74, 6) is -0.387. The molecule has 2 radical (unpaired) electrons. The monoisotopic (exact) mass is 372 g/mol. The molecule has 7 nitrogen and oxygen atoms in total. The van der Waals surface area contributed by atoms with E-state index in [9.17, 15) is 9.59 Å². The van der Waals surface area contributed by atoms with Crippen LogP contribution in [0.25, 0.3) is 0 Å². The van der Waals surface area contributed by atoms with Gasteiger partial charge in [-0.25, -0.2) is 4.79 Å². The summed E-state index contributed by atoms with van der Waals surface area (Å²) < 4.78 is 4.71. The number of esters is 1. The summed E-state index contributed by atoms with van der Waals surface area (Å²) in [5.41, 5.74) is 0.525. The van der Waals surface area contributed by atoms with Crippen molar-refractivity contribution in [2.75, 3.05) is 14.2 Å². The molecule has 9 heteroatoms. The largest absolute Gasteiger partial charge is 0.467 e. The van der Waals surface area contributed by atoms with Crippen LogP contribution in [0.15, 0.2) is 30.3 Å². The standard InChI is InChI=1S/C9H10BN3O3S.C8H11N/c1-16-7(15)9(2-3-9)13(5-14)4-6-11-12-8(10)17-6;1-9-7-8-5-3-2-4-6-8/h5H,2-4H2,1H3;2-6,9H,7H2,1H3. The highest BCUT2D eigenvalue weighted by atomic mass is 32.1. The first-order valence-electron chi connectivity index (χ1n) is 8.12. The zero-order valence-corrected chi connectivity index (χ0v) is 15.7. The summed E-state index contributed by atoms with van der Waals surface area (Å²) in [6.07, 6.45) is 1.88. The lowest BCUT2D eigenvalue weighted by Crippen LogP contribution is -2.43. The Bertz CT molecular complexity index is 722. The van der Waals surface area contributed by atoms with Crippen LogP contribution in [0.5, 0.6) is 0 Å². The van der Waals surface area contributed by atoms with Crippen molar-refractivity contribution in [2.24, 2.45) is 0 Å². The van der Waals surface area contributed by atoms with Gasteiger partial charge >= 0.3 is 5.97 Å². The lowest BCUT2D eigenvalue weighted by atomic mass is 10.2. The molecule has 1 saturated carbocycles. The Kier molecular flexibility index (Phi) is 7.29. The van der Waals surface area contributed by atoms with E-state index < -0.39 is 5.54 Å². The Hall–Kier alpha value is -2.26. The van der Waals surface area contributed by atoms with Crippen LogP contribution < -0.4 is 10.2 Å².